The quantitative estimate of drug-likeness (QED) is 0.205. The molecule has 0 amide bonds. The highest BCUT2D eigenvalue weighted by molar-refractivity contribution is 6.14. The topological polar surface area (TPSA) is 61.0 Å². The van der Waals surface area contributed by atoms with Crippen molar-refractivity contribution in [1.29, 1.82) is 0 Å². The van der Waals surface area contributed by atoms with Gasteiger partial charge in [-0.05, 0) is 59.5 Å². The van der Waals surface area contributed by atoms with E-state index in [4.69, 9.17) is 27.7 Å². The van der Waals surface area contributed by atoms with E-state index >= 15 is 0 Å². The summed E-state index contributed by atoms with van der Waals surface area (Å²) in [7, 11) is 0. The van der Waals surface area contributed by atoms with E-state index in [0.29, 0.717) is 4.52 Å². The second kappa shape index (κ2) is 8.24. The highest BCUT2D eigenvalue weighted by atomic mass is 16.3. The van der Waals surface area contributed by atoms with Crippen LogP contribution in [0, 0.1) is 0 Å². The molecule has 206 valence electrons. The van der Waals surface area contributed by atoms with Gasteiger partial charge in [0.25, 0.3) is 11.1 Å². The molecule has 0 saturated heterocycles. The fourth-order valence-electron chi connectivity index (χ4n) is 5.57. The van der Waals surface area contributed by atoms with Gasteiger partial charge in [-0.1, -0.05) is 78.6 Å². The Morgan fingerprint density at radius 3 is 1.95 bits per heavy atom. The van der Waals surface area contributed by atoms with Gasteiger partial charge in [-0.2, -0.15) is 4.52 Å². The molecule has 0 unspecified atom stereocenters. The van der Waals surface area contributed by atoms with Crippen molar-refractivity contribution in [2.24, 2.45) is 0 Å². The molecule has 0 aliphatic heterocycles. The molecule has 4 heterocycles. The molecular formula is C38H21N3O3. The van der Waals surface area contributed by atoms with E-state index in [1.165, 1.54) is 0 Å². The molecule has 0 fully saturated rings. The third-order valence-electron chi connectivity index (χ3n) is 7.40. The summed E-state index contributed by atoms with van der Waals surface area (Å²) in [5.41, 5.74) is -8.22. The van der Waals surface area contributed by atoms with Crippen LogP contribution in [0.2, 0.25) is 0 Å². The molecule has 0 N–H and O–H groups in total. The molecule has 10 aromatic rings. The number of benzene rings is 6. The molecule has 44 heavy (non-hydrogen) atoms. The maximum absolute atomic E-state index is 14.6. The lowest BCUT2D eigenvalue weighted by Crippen LogP contribution is -2.21. The first kappa shape index (κ1) is 11.2. The van der Waals surface area contributed by atoms with E-state index in [2.05, 4.69) is 0 Å². The lowest BCUT2D eigenvalue weighted by molar-refractivity contribution is 0.669. The van der Waals surface area contributed by atoms with Gasteiger partial charge >= 0.3 is 0 Å². The van der Waals surface area contributed by atoms with Crippen molar-refractivity contribution >= 4 is 65.6 Å². The van der Waals surface area contributed by atoms with E-state index in [1.807, 2.05) is 0 Å². The lowest BCUT2D eigenvalue weighted by atomic mass is 10.1. The monoisotopic (exact) mass is 588 g/mol. The van der Waals surface area contributed by atoms with Crippen molar-refractivity contribution in [3.8, 4) is 16.8 Å². The zero-order chi connectivity index (χ0) is 47.4. The van der Waals surface area contributed by atoms with Crippen LogP contribution in [0.4, 0.5) is 0 Å². The third kappa shape index (κ3) is 2.93. The summed E-state index contributed by atoms with van der Waals surface area (Å²) in [4.78, 5) is 28.9. The van der Waals surface area contributed by atoms with Gasteiger partial charge in [0.2, 0.25) is 0 Å². The number of para-hydroxylation sites is 2. The SMILES string of the molecule is [2H]c1c([2H])c([2H])c(-c2c([2H])c([2H])c([2H])c(-n3c4c([2H])c([2H])c([2H])c([2H])c4c4c([2H])c5c(c([2H])c43)c(=O)n3c(=O)c4c([2H])c6oc7c([2H])c([2H])c([2H])c([2H])c7c6c([2H])c4n53)c2[2H])c([2H])c1[2H]. The first-order valence-corrected chi connectivity index (χ1v) is 12.8. The summed E-state index contributed by atoms with van der Waals surface area (Å²) >= 11 is 0. The summed E-state index contributed by atoms with van der Waals surface area (Å²) < 4.78 is 192. The van der Waals surface area contributed by atoms with Crippen LogP contribution in [0.15, 0.2) is 141 Å². The molecule has 0 atom stereocenters. The summed E-state index contributed by atoms with van der Waals surface area (Å²) in [6.07, 6.45) is 0. The van der Waals surface area contributed by atoms with E-state index < -0.39 is 210 Å². The van der Waals surface area contributed by atoms with E-state index in [9.17, 15) is 15.1 Å². The highest BCUT2D eigenvalue weighted by Gasteiger charge is 2.22. The largest absolute Gasteiger partial charge is 0.456 e. The number of hydrogen-bond acceptors (Lipinski definition) is 3. The molecule has 4 aromatic heterocycles. The Labute approximate surface area is 277 Å². The smallest absolute Gasteiger partial charge is 0.282 e. The normalized spacial score (nSPS) is 19.0. The predicted molar refractivity (Wildman–Crippen MR) is 177 cm³/mol. The average Bonchev–Trinajstić information content (AvgIpc) is 4.01. The first-order chi connectivity index (χ1) is 30.4. The molecule has 0 saturated carbocycles. The van der Waals surface area contributed by atoms with Crippen molar-refractivity contribution in [3.05, 3.63) is 148 Å². The van der Waals surface area contributed by atoms with Crippen LogP contribution in [0.5, 0.6) is 0 Å². The summed E-state index contributed by atoms with van der Waals surface area (Å²) in [6, 6.07) is -17.6. The Balaban J connectivity index is 1.47. The van der Waals surface area contributed by atoms with Crippen molar-refractivity contribution in [3.63, 3.8) is 0 Å². The molecule has 6 aromatic carbocycles. The summed E-state index contributed by atoms with van der Waals surface area (Å²) in [5, 5.41) is -3.15. The Hall–Kier alpha value is -6.14. The van der Waals surface area contributed by atoms with Crippen LogP contribution < -0.4 is 11.1 Å². The molecule has 0 bridgehead atoms. The van der Waals surface area contributed by atoms with E-state index in [0.717, 1.165) is 9.08 Å². The minimum Gasteiger partial charge on any atom is -0.456 e. The molecule has 0 aliphatic rings. The number of furan rings is 1. The third-order valence-corrected chi connectivity index (χ3v) is 7.40. The van der Waals surface area contributed by atoms with Gasteiger partial charge in [0.05, 0.1) is 61.6 Å². The van der Waals surface area contributed by atoms with Gasteiger partial charge in [0.1, 0.15) is 11.2 Å². The van der Waals surface area contributed by atoms with Crippen LogP contribution in [-0.4, -0.2) is 13.6 Å². The van der Waals surface area contributed by atoms with Crippen LogP contribution in [0.1, 0.15) is 28.8 Å². The molecule has 10 rings (SSSR count). The molecule has 6 nitrogen and oxygen atoms in total. The predicted octanol–water partition coefficient (Wildman–Crippen LogP) is 8.17. The second-order valence-electron chi connectivity index (χ2n) is 9.70. The fourth-order valence-corrected chi connectivity index (χ4v) is 5.57. The van der Waals surface area contributed by atoms with E-state index in [-0.39, 0.29) is 10.8 Å². The van der Waals surface area contributed by atoms with E-state index in [1.54, 1.807) is 0 Å². The van der Waals surface area contributed by atoms with Crippen LogP contribution >= 0.6 is 0 Å². The van der Waals surface area contributed by atoms with Gasteiger partial charge < -0.3 is 8.98 Å². The van der Waals surface area contributed by atoms with Crippen LogP contribution in [0.3, 0.4) is 0 Å². The maximum atomic E-state index is 14.6. The lowest BCUT2D eigenvalue weighted by Gasteiger charge is -2.10. The van der Waals surface area contributed by atoms with Crippen molar-refractivity contribution in [2.45, 2.75) is 0 Å². The molecule has 6 heteroatoms. The Kier molecular flexibility index (Phi) is 2.09. The van der Waals surface area contributed by atoms with Crippen LogP contribution in [-0.2, 0) is 0 Å². The minimum absolute atomic E-state index is 0.335. The van der Waals surface area contributed by atoms with Crippen molar-refractivity contribution in [2.75, 3.05) is 0 Å². The zero-order valence-electron chi connectivity index (χ0n) is 42.6. The van der Waals surface area contributed by atoms with Crippen molar-refractivity contribution in [1.82, 2.24) is 13.6 Å². The van der Waals surface area contributed by atoms with Gasteiger partial charge in [0.15, 0.2) is 0 Å². The van der Waals surface area contributed by atoms with Gasteiger partial charge in [-0.3, -0.25) is 9.59 Å². The maximum Gasteiger partial charge on any atom is 0.282 e. The van der Waals surface area contributed by atoms with Gasteiger partial charge in [-0.15, -0.1) is 0 Å². The molecule has 0 aliphatic carbocycles. The standard InChI is InChI=1S/C38H21N3O3/c42-37-29-20-32-27(25-13-4-6-15-31(25)39(32)24-12-8-11-23(17-24)22-9-2-1-3-10-22)18-33(29)40-34-19-28-26-14-5-7-16-35(26)44-36(28)21-30(34)38(43)41(37)40/h1-21H/i1D,2D,3D,4D,5D,6D,7D,8D,9D,10D,11D,12D,13D,14D,15D,16D,17D,18D,19D,20D,21D. The van der Waals surface area contributed by atoms with Crippen molar-refractivity contribution < 1.29 is 33.2 Å². The zero-order valence-corrected chi connectivity index (χ0v) is 21.6. The summed E-state index contributed by atoms with van der Waals surface area (Å²) in [5.74, 6) is 0. The van der Waals surface area contributed by atoms with Crippen LogP contribution in [0.25, 0.3) is 82.4 Å². The van der Waals surface area contributed by atoms with Gasteiger partial charge in [-0.25, -0.2) is 4.52 Å². The average molecular weight is 589 g/mol. The Morgan fingerprint density at radius 1 is 0.455 bits per heavy atom. The highest BCUT2D eigenvalue weighted by Crippen LogP contribution is 2.36. The Morgan fingerprint density at radius 2 is 1.11 bits per heavy atom. The number of rotatable bonds is 2. The van der Waals surface area contributed by atoms with Gasteiger partial charge in [0, 0.05) is 27.2 Å². The number of aromatic nitrogens is 3. The molecular weight excluding hydrogens is 546 g/mol. The first-order valence-electron chi connectivity index (χ1n) is 23.3. The number of hydrogen-bond donors (Lipinski definition) is 0. The molecule has 0 radical (unpaired) electrons. The minimum atomic E-state index is -1.32. The molecule has 0 spiro atoms. The fraction of sp³-hybridized carbons (Fsp3) is 0. The number of fused-ring (bicyclic) bond motifs is 11. The second-order valence-corrected chi connectivity index (χ2v) is 9.70. The number of nitrogens with zero attached hydrogens (tertiary/aromatic N) is 3. The Bertz CT molecular complexity index is 4100. The summed E-state index contributed by atoms with van der Waals surface area (Å²) in [6.45, 7) is 0.